The van der Waals surface area contributed by atoms with Crippen LogP contribution in [0.3, 0.4) is 0 Å². The van der Waals surface area contributed by atoms with Gasteiger partial charge in [-0.2, -0.15) is 5.10 Å². The van der Waals surface area contributed by atoms with Crippen molar-refractivity contribution in [2.45, 2.75) is 37.3 Å². The van der Waals surface area contributed by atoms with Crippen molar-refractivity contribution in [3.8, 4) is 16.9 Å². The Morgan fingerprint density at radius 2 is 1.94 bits per heavy atom. The zero-order valence-electron chi connectivity index (χ0n) is 19.3. The maximum absolute atomic E-state index is 13.4. The number of hydrogen-bond donors (Lipinski definition) is 2. The van der Waals surface area contributed by atoms with E-state index in [4.69, 9.17) is 4.74 Å². The van der Waals surface area contributed by atoms with Gasteiger partial charge in [0.15, 0.2) is 0 Å². The fraction of sp³-hybridized carbons (Fsp3) is 0.308. The molecule has 0 bridgehead atoms. The van der Waals surface area contributed by atoms with Gasteiger partial charge in [0.1, 0.15) is 18.1 Å². The van der Waals surface area contributed by atoms with Gasteiger partial charge < -0.3 is 20.2 Å². The number of nitrogens with one attached hydrogen (secondary N) is 2. The van der Waals surface area contributed by atoms with E-state index in [2.05, 4.69) is 15.7 Å². The second-order valence-corrected chi connectivity index (χ2v) is 8.40. The molecule has 0 radical (unpaired) electrons. The number of aromatic nitrogens is 2. The number of aldehydes is 1. The van der Waals surface area contributed by atoms with Crippen LogP contribution in [0.25, 0.3) is 11.1 Å². The Bertz CT molecular complexity index is 1180. The summed E-state index contributed by atoms with van der Waals surface area (Å²) in [6, 6.07) is 14.2. The van der Waals surface area contributed by atoms with Crippen molar-refractivity contribution in [1.29, 1.82) is 0 Å². The number of carbonyl (C=O) groups excluding carboxylic acids is 3. The van der Waals surface area contributed by atoms with Crippen LogP contribution in [-0.4, -0.2) is 42.0 Å². The van der Waals surface area contributed by atoms with Crippen LogP contribution >= 0.6 is 0 Å². The number of methoxy groups -OCH3 is 1. The molecule has 1 aromatic heterocycles. The number of ether oxygens (including phenoxy) is 1. The molecule has 4 rings (SSSR count). The van der Waals surface area contributed by atoms with Crippen molar-refractivity contribution in [2.75, 3.05) is 14.2 Å². The minimum absolute atomic E-state index is 0.168. The summed E-state index contributed by atoms with van der Waals surface area (Å²) >= 11 is 0. The van der Waals surface area contributed by atoms with E-state index in [-0.39, 0.29) is 11.8 Å². The van der Waals surface area contributed by atoms with Crippen LogP contribution in [0.5, 0.6) is 5.75 Å². The normalized spacial score (nSPS) is 14.6. The maximum atomic E-state index is 13.4. The molecule has 8 nitrogen and oxygen atoms in total. The van der Waals surface area contributed by atoms with Gasteiger partial charge in [-0.05, 0) is 47.7 Å². The molecule has 176 valence electrons. The van der Waals surface area contributed by atoms with Gasteiger partial charge in [-0.3, -0.25) is 14.3 Å². The summed E-state index contributed by atoms with van der Waals surface area (Å²) in [5.41, 5.74) is 2.70. The molecule has 1 fully saturated rings. The third-order valence-corrected chi connectivity index (χ3v) is 6.27. The predicted octanol–water partition coefficient (Wildman–Crippen LogP) is 2.78. The Balaban J connectivity index is 1.57. The van der Waals surface area contributed by atoms with Crippen LogP contribution in [0.1, 0.15) is 36.4 Å². The summed E-state index contributed by atoms with van der Waals surface area (Å²) in [6.45, 7) is 0.507. The van der Waals surface area contributed by atoms with Crippen molar-refractivity contribution in [1.82, 2.24) is 20.4 Å². The van der Waals surface area contributed by atoms with Gasteiger partial charge in [0.05, 0.1) is 18.7 Å². The van der Waals surface area contributed by atoms with Crippen LogP contribution < -0.4 is 15.4 Å². The van der Waals surface area contributed by atoms with Crippen LogP contribution in [0.15, 0.2) is 60.9 Å². The van der Waals surface area contributed by atoms with Gasteiger partial charge in [0.2, 0.25) is 11.8 Å². The topological polar surface area (TPSA) is 102 Å². The number of carbonyl (C=O) groups is 3. The third kappa shape index (κ3) is 4.71. The lowest BCUT2D eigenvalue weighted by Gasteiger charge is -2.22. The first-order valence-corrected chi connectivity index (χ1v) is 11.2. The van der Waals surface area contributed by atoms with E-state index < -0.39 is 11.5 Å². The summed E-state index contributed by atoms with van der Waals surface area (Å²) in [6.07, 6.45) is 6.29. The van der Waals surface area contributed by atoms with E-state index in [1.165, 1.54) is 0 Å². The molecule has 2 aromatic carbocycles. The Morgan fingerprint density at radius 3 is 2.59 bits per heavy atom. The molecule has 0 aliphatic heterocycles. The number of likely N-dealkylation sites (N-methyl/N-ethyl adjacent to an activating group) is 1. The number of nitrogens with zero attached hydrogens (tertiary/aromatic N) is 2. The minimum Gasteiger partial charge on any atom is -0.497 e. The maximum Gasteiger partial charge on any atom is 0.246 e. The standard InChI is InChI=1S/C26H28N4O4/c1-27-24(32)23(29-25(33)26(11-12-26)21-7-9-22(34-2)10-8-21)19-6-3-5-18(15-19)20-16-28-30(17-20)13-4-14-31/h3,5-10,14-17,23H,4,11-13H2,1-2H3,(H,27,32)(H,29,33). The summed E-state index contributed by atoms with van der Waals surface area (Å²) in [5.74, 6) is 0.269. The van der Waals surface area contributed by atoms with E-state index in [0.29, 0.717) is 18.5 Å². The summed E-state index contributed by atoms with van der Waals surface area (Å²) in [7, 11) is 3.16. The lowest BCUT2D eigenvalue weighted by Crippen LogP contribution is -2.43. The third-order valence-electron chi connectivity index (χ3n) is 6.27. The van der Waals surface area contributed by atoms with Crippen molar-refractivity contribution in [2.24, 2.45) is 0 Å². The first kappa shape index (κ1) is 23.2. The number of amides is 2. The fourth-order valence-electron chi connectivity index (χ4n) is 4.11. The highest BCUT2D eigenvalue weighted by molar-refractivity contribution is 5.95. The van der Waals surface area contributed by atoms with Crippen LogP contribution in [0.2, 0.25) is 0 Å². The highest BCUT2D eigenvalue weighted by atomic mass is 16.5. The quantitative estimate of drug-likeness (QED) is 0.453. The lowest BCUT2D eigenvalue weighted by molar-refractivity contribution is -0.130. The number of rotatable bonds is 10. The Labute approximate surface area is 198 Å². The van der Waals surface area contributed by atoms with E-state index in [1.807, 2.05) is 54.7 Å². The predicted molar refractivity (Wildman–Crippen MR) is 127 cm³/mol. The Kier molecular flexibility index (Phi) is 6.77. The molecule has 1 saturated carbocycles. The molecule has 1 heterocycles. The Hall–Kier alpha value is -3.94. The molecule has 0 saturated heterocycles. The molecule has 8 heteroatoms. The molecule has 3 aromatic rings. The van der Waals surface area contributed by atoms with Crippen LogP contribution in [0.4, 0.5) is 0 Å². The molecule has 2 amide bonds. The van der Waals surface area contributed by atoms with E-state index >= 15 is 0 Å². The van der Waals surface area contributed by atoms with Crippen LogP contribution in [-0.2, 0) is 26.3 Å². The molecule has 0 spiro atoms. The lowest BCUT2D eigenvalue weighted by atomic mass is 9.93. The van der Waals surface area contributed by atoms with E-state index in [0.717, 1.165) is 41.6 Å². The molecule has 1 aliphatic rings. The molecule has 1 unspecified atom stereocenters. The molecule has 1 aliphatic carbocycles. The first-order valence-electron chi connectivity index (χ1n) is 11.2. The molecule has 34 heavy (non-hydrogen) atoms. The largest absolute Gasteiger partial charge is 0.497 e. The summed E-state index contributed by atoms with van der Waals surface area (Å²) in [5, 5.41) is 9.94. The van der Waals surface area contributed by atoms with Crippen molar-refractivity contribution < 1.29 is 19.1 Å². The van der Waals surface area contributed by atoms with Crippen molar-refractivity contribution >= 4 is 18.1 Å². The molecular formula is C26H28N4O4. The zero-order chi connectivity index (χ0) is 24.1. The van der Waals surface area contributed by atoms with E-state index in [1.54, 1.807) is 25.0 Å². The van der Waals surface area contributed by atoms with Gasteiger partial charge in [0.25, 0.3) is 0 Å². The highest BCUT2D eigenvalue weighted by Gasteiger charge is 2.52. The first-order chi connectivity index (χ1) is 16.5. The van der Waals surface area contributed by atoms with Crippen molar-refractivity contribution in [3.63, 3.8) is 0 Å². The highest BCUT2D eigenvalue weighted by Crippen LogP contribution is 2.49. The van der Waals surface area contributed by atoms with Gasteiger partial charge >= 0.3 is 0 Å². The van der Waals surface area contributed by atoms with Crippen LogP contribution in [0, 0.1) is 0 Å². The monoisotopic (exact) mass is 460 g/mol. The van der Waals surface area contributed by atoms with Gasteiger partial charge in [-0.25, -0.2) is 0 Å². The molecular weight excluding hydrogens is 432 g/mol. The van der Waals surface area contributed by atoms with E-state index in [9.17, 15) is 14.4 Å². The average Bonchev–Trinajstić information content (AvgIpc) is 3.56. The smallest absolute Gasteiger partial charge is 0.246 e. The fourth-order valence-corrected chi connectivity index (χ4v) is 4.11. The van der Waals surface area contributed by atoms with Crippen molar-refractivity contribution in [3.05, 3.63) is 72.1 Å². The second-order valence-electron chi connectivity index (χ2n) is 8.40. The zero-order valence-corrected chi connectivity index (χ0v) is 19.3. The van der Waals surface area contributed by atoms with Gasteiger partial charge in [-0.15, -0.1) is 0 Å². The van der Waals surface area contributed by atoms with Gasteiger partial charge in [-0.1, -0.05) is 30.3 Å². The molecule has 1 atom stereocenters. The summed E-state index contributed by atoms with van der Waals surface area (Å²) in [4.78, 5) is 36.8. The molecule has 2 N–H and O–H groups in total. The number of hydrogen-bond acceptors (Lipinski definition) is 5. The second kappa shape index (κ2) is 9.91. The number of aryl methyl sites for hydroxylation is 1. The summed E-state index contributed by atoms with van der Waals surface area (Å²) < 4.78 is 6.93. The SMILES string of the molecule is CNC(=O)C(NC(=O)C1(c2ccc(OC)cc2)CC1)c1cccc(-c2cnn(CCC=O)c2)c1. The Morgan fingerprint density at radius 1 is 1.18 bits per heavy atom. The number of benzene rings is 2. The minimum atomic E-state index is -0.835. The van der Waals surface area contributed by atoms with Gasteiger partial charge in [0, 0.05) is 31.8 Å². The average molecular weight is 461 g/mol.